The van der Waals surface area contributed by atoms with E-state index < -0.39 is 17.4 Å². The fraction of sp³-hybridized carbons (Fsp3) is 0.192. The van der Waals surface area contributed by atoms with E-state index in [9.17, 15) is 14.9 Å². The molecule has 2 aromatic heterocycles. The van der Waals surface area contributed by atoms with E-state index in [0.717, 1.165) is 0 Å². The van der Waals surface area contributed by atoms with Crippen molar-refractivity contribution in [3.63, 3.8) is 0 Å². The summed E-state index contributed by atoms with van der Waals surface area (Å²) in [6.07, 6.45) is -1.10. The summed E-state index contributed by atoms with van der Waals surface area (Å²) in [5, 5.41) is 12.3. The number of nitriles is 1. The lowest BCUT2D eigenvalue weighted by molar-refractivity contribution is -0.122. The second-order valence-electron chi connectivity index (χ2n) is 7.66. The summed E-state index contributed by atoms with van der Waals surface area (Å²) in [5.41, 5.74) is 1.44. The number of benzene rings is 2. The van der Waals surface area contributed by atoms with Gasteiger partial charge in [0.05, 0.1) is 12.5 Å². The normalized spacial score (nSPS) is 11.6. The summed E-state index contributed by atoms with van der Waals surface area (Å²) in [7, 11) is 1.56. The van der Waals surface area contributed by atoms with Crippen molar-refractivity contribution in [3.05, 3.63) is 75.6 Å². The number of hydrogen-bond acceptors (Lipinski definition) is 7. The van der Waals surface area contributed by atoms with Gasteiger partial charge in [-0.1, -0.05) is 12.1 Å². The Kier molecular flexibility index (Phi) is 6.11. The lowest BCUT2D eigenvalue weighted by Gasteiger charge is -2.16. The van der Waals surface area contributed by atoms with Crippen molar-refractivity contribution in [2.75, 3.05) is 12.4 Å². The van der Waals surface area contributed by atoms with Crippen LogP contribution in [-0.2, 0) is 4.79 Å². The van der Waals surface area contributed by atoms with Gasteiger partial charge < -0.3 is 18.3 Å². The van der Waals surface area contributed by atoms with Crippen molar-refractivity contribution in [3.8, 4) is 28.9 Å². The van der Waals surface area contributed by atoms with Crippen LogP contribution in [0.1, 0.15) is 23.8 Å². The number of nitrogens with one attached hydrogen (secondary N) is 1. The van der Waals surface area contributed by atoms with Gasteiger partial charge in [0.15, 0.2) is 11.9 Å². The Labute approximate surface area is 195 Å². The molecule has 0 bridgehead atoms. The molecule has 34 heavy (non-hydrogen) atoms. The number of ether oxygens (including phenoxy) is 2. The predicted octanol–water partition coefficient (Wildman–Crippen LogP) is 4.96. The van der Waals surface area contributed by atoms with Gasteiger partial charge in [-0.25, -0.2) is 0 Å². The first-order valence-corrected chi connectivity index (χ1v) is 10.5. The van der Waals surface area contributed by atoms with Gasteiger partial charge in [0.2, 0.25) is 17.1 Å². The van der Waals surface area contributed by atoms with Crippen LogP contribution >= 0.6 is 0 Å². The van der Waals surface area contributed by atoms with Crippen molar-refractivity contribution in [2.45, 2.75) is 26.9 Å². The molecular weight excluding hydrogens is 436 g/mol. The zero-order chi connectivity index (χ0) is 24.4. The number of amides is 1. The zero-order valence-corrected chi connectivity index (χ0v) is 19.1. The number of methoxy groups -OCH3 is 1. The van der Waals surface area contributed by atoms with Gasteiger partial charge in [0.1, 0.15) is 28.7 Å². The third-order valence-corrected chi connectivity index (χ3v) is 5.51. The third-order valence-electron chi connectivity index (χ3n) is 5.51. The Hall–Kier alpha value is -4.51. The summed E-state index contributed by atoms with van der Waals surface area (Å²) >= 11 is 0. The van der Waals surface area contributed by atoms with Crippen molar-refractivity contribution < 1.29 is 23.1 Å². The Bertz CT molecular complexity index is 1470. The largest absolute Gasteiger partial charge is 0.497 e. The Morgan fingerprint density at radius 1 is 1.09 bits per heavy atom. The number of nitrogens with zero attached hydrogens (tertiary/aromatic N) is 1. The standard InChI is InChI=1S/C26H22N2O6/c1-14-15(2)33-26(20(14)13-27)28-25(30)16(3)32-24-22(29)19-7-5-6-8-21(19)34-23(24)17-9-11-18(31-4)12-10-17/h5-12,16H,1-4H3,(H,28,30). The van der Waals surface area contributed by atoms with Crippen LogP contribution in [0.2, 0.25) is 0 Å². The first-order valence-electron chi connectivity index (χ1n) is 10.5. The van der Waals surface area contributed by atoms with Gasteiger partial charge in [-0.05, 0) is 57.2 Å². The minimum atomic E-state index is -1.10. The summed E-state index contributed by atoms with van der Waals surface area (Å²) < 4.78 is 22.6. The molecular formula is C26H22N2O6. The van der Waals surface area contributed by atoms with Crippen LogP contribution in [0, 0.1) is 25.2 Å². The highest BCUT2D eigenvalue weighted by Crippen LogP contribution is 2.33. The lowest BCUT2D eigenvalue weighted by Crippen LogP contribution is -2.32. The van der Waals surface area contributed by atoms with E-state index in [1.807, 2.05) is 6.07 Å². The summed E-state index contributed by atoms with van der Waals surface area (Å²) in [4.78, 5) is 26.2. The molecule has 0 fully saturated rings. The van der Waals surface area contributed by atoms with E-state index in [1.165, 1.54) is 6.92 Å². The SMILES string of the molecule is COc1ccc(-c2oc3ccccc3c(=O)c2OC(C)C(=O)Nc2oc(C)c(C)c2C#N)cc1. The van der Waals surface area contributed by atoms with Gasteiger partial charge in [0.25, 0.3) is 5.91 Å². The fourth-order valence-corrected chi connectivity index (χ4v) is 3.46. The number of hydrogen-bond donors (Lipinski definition) is 1. The number of anilines is 1. The van der Waals surface area contributed by atoms with Gasteiger partial charge in [-0.15, -0.1) is 0 Å². The predicted molar refractivity (Wildman–Crippen MR) is 126 cm³/mol. The number of fused-ring (bicyclic) bond motifs is 1. The molecule has 0 aliphatic carbocycles. The smallest absolute Gasteiger partial charge is 0.267 e. The van der Waals surface area contributed by atoms with Crippen molar-refractivity contribution >= 4 is 22.8 Å². The lowest BCUT2D eigenvalue weighted by atomic mass is 10.1. The maximum Gasteiger partial charge on any atom is 0.267 e. The van der Waals surface area contributed by atoms with Gasteiger partial charge in [-0.2, -0.15) is 5.26 Å². The van der Waals surface area contributed by atoms with E-state index in [1.54, 1.807) is 69.5 Å². The summed E-state index contributed by atoms with van der Waals surface area (Å²) in [6.45, 7) is 4.93. The Morgan fingerprint density at radius 2 is 1.79 bits per heavy atom. The molecule has 4 aromatic rings. The van der Waals surface area contributed by atoms with Crippen LogP contribution in [0.15, 0.2) is 62.2 Å². The van der Waals surface area contributed by atoms with Gasteiger partial charge >= 0.3 is 0 Å². The molecule has 1 amide bonds. The van der Waals surface area contributed by atoms with Crippen molar-refractivity contribution in [1.82, 2.24) is 0 Å². The third kappa shape index (κ3) is 4.11. The molecule has 1 atom stereocenters. The molecule has 0 spiro atoms. The molecule has 4 rings (SSSR count). The molecule has 0 aliphatic heterocycles. The quantitative estimate of drug-likeness (QED) is 0.434. The maximum atomic E-state index is 13.3. The highest BCUT2D eigenvalue weighted by molar-refractivity contribution is 5.94. The molecule has 1 unspecified atom stereocenters. The average molecular weight is 458 g/mol. The van der Waals surface area contributed by atoms with E-state index in [-0.39, 0.29) is 23.0 Å². The van der Waals surface area contributed by atoms with Gasteiger partial charge in [0, 0.05) is 11.1 Å². The van der Waals surface area contributed by atoms with E-state index in [2.05, 4.69) is 5.32 Å². The summed E-state index contributed by atoms with van der Waals surface area (Å²) in [6, 6.07) is 15.8. The molecule has 0 aliphatic rings. The maximum absolute atomic E-state index is 13.3. The minimum absolute atomic E-state index is 0.0406. The zero-order valence-electron chi connectivity index (χ0n) is 19.1. The van der Waals surface area contributed by atoms with Crippen LogP contribution in [0.4, 0.5) is 5.88 Å². The molecule has 8 nitrogen and oxygen atoms in total. The summed E-state index contributed by atoms with van der Waals surface area (Å²) in [5.74, 6) is 0.710. The topological polar surface area (TPSA) is 115 Å². The fourth-order valence-electron chi connectivity index (χ4n) is 3.46. The highest BCUT2D eigenvalue weighted by atomic mass is 16.5. The van der Waals surface area contributed by atoms with Crippen molar-refractivity contribution in [1.29, 1.82) is 5.26 Å². The number of aryl methyl sites for hydroxylation is 1. The average Bonchev–Trinajstić information content (AvgIpc) is 3.12. The Morgan fingerprint density at radius 3 is 2.47 bits per heavy atom. The molecule has 0 radical (unpaired) electrons. The van der Waals surface area contributed by atoms with Crippen LogP contribution < -0.4 is 20.2 Å². The monoisotopic (exact) mass is 458 g/mol. The molecule has 172 valence electrons. The van der Waals surface area contributed by atoms with E-state index in [4.69, 9.17) is 18.3 Å². The molecule has 0 saturated carbocycles. The number of carbonyl (C=O) groups is 1. The molecule has 1 N–H and O–H groups in total. The van der Waals surface area contributed by atoms with Crippen LogP contribution in [-0.4, -0.2) is 19.1 Å². The van der Waals surface area contributed by atoms with Crippen LogP contribution in [0.3, 0.4) is 0 Å². The molecule has 2 heterocycles. The number of carbonyl (C=O) groups excluding carboxylic acids is 1. The van der Waals surface area contributed by atoms with Crippen molar-refractivity contribution in [2.24, 2.45) is 0 Å². The number of para-hydroxylation sites is 1. The number of furan rings is 1. The first kappa shape index (κ1) is 22.7. The Balaban J connectivity index is 1.72. The van der Waals surface area contributed by atoms with E-state index in [0.29, 0.717) is 33.6 Å². The van der Waals surface area contributed by atoms with Crippen LogP contribution in [0.5, 0.6) is 11.5 Å². The minimum Gasteiger partial charge on any atom is -0.497 e. The molecule has 2 aromatic carbocycles. The second-order valence-corrected chi connectivity index (χ2v) is 7.66. The second kappa shape index (κ2) is 9.16. The first-order chi connectivity index (χ1) is 16.3. The highest BCUT2D eigenvalue weighted by Gasteiger charge is 2.25. The van der Waals surface area contributed by atoms with Crippen LogP contribution in [0.25, 0.3) is 22.3 Å². The van der Waals surface area contributed by atoms with Gasteiger partial charge in [-0.3, -0.25) is 14.9 Å². The van der Waals surface area contributed by atoms with E-state index >= 15 is 0 Å². The molecule has 8 heteroatoms. The number of rotatable bonds is 6. The molecule has 0 saturated heterocycles.